The number of carbonyl (C=O) groups excluding carboxylic acids is 3. The minimum Gasteiger partial charge on any atom is -0.453 e. The van der Waals surface area contributed by atoms with Gasteiger partial charge in [-0.15, -0.1) is 0 Å². The fourth-order valence-corrected chi connectivity index (χ4v) is 2.06. The number of amides is 1. The molecule has 22 heavy (non-hydrogen) atoms. The second kappa shape index (κ2) is 5.63. The maximum atomic E-state index is 11.9. The minimum atomic E-state index is -0.898. The summed E-state index contributed by atoms with van der Waals surface area (Å²) in [4.78, 5) is 34.8. The Labute approximate surface area is 128 Å². The highest BCUT2D eigenvalue weighted by molar-refractivity contribution is 6.31. The maximum absolute atomic E-state index is 11.9. The third-order valence-electron chi connectivity index (χ3n) is 3.30. The molecule has 1 aliphatic rings. The van der Waals surface area contributed by atoms with Crippen molar-refractivity contribution in [3.63, 3.8) is 0 Å². The van der Waals surface area contributed by atoms with Crippen LogP contribution in [-0.2, 0) is 24.5 Å². The molecule has 116 valence electrons. The molecule has 0 fully saturated rings. The van der Waals surface area contributed by atoms with E-state index in [1.807, 2.05) is 12.1 Å². The second-order valence-electron chi connectivity index (χ2n) is 5.87. The Balaban J connectivity index is 2.44. The lowest BCUT2D eigenvalue weighted by molar-refractivity contribution is -0.150. The largest absolute Gasteiger partial charge is 0.453 e. The standard InChI is InChI=1S/C16H17NO5/c1-16(2,3)10-7-5-9(6-8-10)11-12(17-15(20)21-4)14(19)22-13(11)18/h5-8H,1-4H3,(H,17,20). The molecule has 1 aromatic rings. The Kier molecular flexibility index (Phi) is 4.03. The summed E-state index contributed by atoms with van der Waals surface area (Å²) in [6, 6.07) is 7.17. The fourth-order valence-electron chi connectivity index (χ4n) is 2.06. The molecule has 0 saturated heterocycles. The van der Waals surface area contributed by atoms with E-state index in [1.165, 1.54) is 0 Å². The number of rotatable bonds is 2. The predicted octanol–water partition coefficient (Wildman–Crippen LogP) is 2.13. The second-order valence-corrected chi connectivity index (χ2v) is 5.87. The van der Waals surface area contributed by atoms with Gasteiger partial charge in [-0.1, -0.05) is 45.0 Å². The Morgan fingerprint density at radius 2 is 1.68 bits per heavy atom. The Hall–Kier alpha value is -2.63. The zero-order valence-electron chi connectivity index (χ0n) is 12.9. The number of methoxy groups -OCH3 is 1. The summed E-state index contributed by atoms with van der Waals surface area (Å²) in [5.41, 5.74) is 1.36. The van der Waals surface area contributed by atoms with Crippen LogP contribution in [0.3, 0.4) is 0 Å². The summed E-state index contributed by atoms with van der Waals surface area (Å²) >= 11 is 0. The Morgan fingerprint density at radius 1 is 1.09 bits per heavy atom. The molecule has 0 atom stereocenters. The van der Waals surface area contributed by atoms with E-state index in [2.05, 4.69) is 35.6 Å². The maximum Gasteiger partial charge on any atom is 0.411 e. The third kappa shape index (κ3) is 3.00. The first kappa shape index (κ1) is 15.8. The van der Waals surface area contributed by atoms with Gasteiger partial charge in [-0.05, 0) is 16.5 Å². The molecular weight excluding hydrogens is 286 g/mol. The molecule has 6 nitrogen and oxygen atoms in total. The molecule has 1 N–H and O–H groups in total. The Morgan fingerprint density at radius 3 is 2.18 bits per heavy atom. The van der Waals surface area contributed by atoms with Crippen LogP contribution in [0.2, 0.25) is 0 Å². The van der Waals surface area contributed by atoms with Crippen molar-refractivity contribution in [2.75, 3.05) is 7.11 Å². The number of esters is 2. The first-order valence-electron chi connectivity index (χ1n) is 6.70. The van der Waals surface area contributed by atoms with E-state index in [0.717, 1.165) is 12.7 Å². The zero-order valence-corrected chi connectivity index (χ0v) is 12.9. The van der Waals surface area contributed by atoms with E-state index in [1.54, 1.807) is 12.1 Å². The number of hydrogen-bond donors (Lipinski definition) is 1. The summed E-state index contributed by atoms with van der Waals surface area (Å²) in [7, 11) is 1.16. The van der Waals surface area contributed by atoms with E-state index >= 15 is 0 Å². The van der Waals surface area contributed by atoms with Crippen molar-refractivity contribution in [3.8, 4) is 0 Å². The summed E-state index contributed by atoms with van der Waals surface area (Å²) in [5, 5.41) is 2.23. The molecule has 0 unspecified atom stereocenters. The van der Waals surface area contributed by atoms with Crippen LogP contribution in [0, 0.1) is 0 Å². The highest BCUT2D eigenvalue weighted by Crippen LogP contribution is 2.28. The number of hydrogen-bond acceptors (Lipinski definition) is 5. The van der Waals surface area contributed by atoms with E-state index in [9.17, 15) is 14.4 Å². The van der Waals surface area contributed by atoms with Crippen molar-refractivity contribution in [2.24, 2.45) is 0 Å². The van der Waals surface area contributed by atoms with Crippen molar-refractivity contribution in [3.05, 3.63) is 41.1 Å². The SMILES string of the molecule is COC(=O)NC1=C(c2ccc(C(C)(C)C)cc2)C(=O)OC1=O. The smallest absolute Gasteiger partial charge is 0.411 e. The fraction of sp³-hybridized carbons (Fsp3) is 0.312. The molecule has 0 aliphatic carbocycles. The quantitative estimate of drug-likeness (QED) is 0.668. The molecule has 0 bridgehead atoms. The molecule has 1 aliphatic heterocycles. The lowest BCUT2D eigenvalue weighted by Crippen LogP contribution is -2.26. The van der Waals surface area contributed by atoms with Crippen LogP contribution in [0.4, 0.5) is 4.79 Å². The number of ether oxygens (including phenoxy) is 2. The zero-order chi connectivity index (χ0) is 16.5. The van der Waals surface area contributed by atoms with Crippen LogP contribution < -0.4 is 5.32 Å². The lowest BCUT2D eigenvalue weighted by Gasteiger charge is -2.19. The molecule has 2 rings (SSSR count). The summed E-state index contributed by atoms with van der Waals surface area (Å²) in [6.45, 7) is 6.20. The molecule has 0 saturated carbocycles. The van der Waals surface area contributed by atoms with Crippen LogP contribution in [-0.4, -0.2) is 25.1 Å². The van der Waals surface area contributed by atoms with Gasteiger partial charge in [0.05, 0.1) is 12.7 Å². The van der Waals surface area contributed by atoms with Gasteiger partial charge in [0, 0.05) is 0 Å². The summed E-state index contributed by atoms with van der Waals surface area (Å²) in [5.74, 6) is -1.69. The highest BCUT2D eigenvalue weighted by Gasteiger charge is 2.35. The first-order chi connectivity index (χ1) is 10.2. The van der Waals surface area contributed by atoms with E-state index in [0.29, 0.717) is 5.56 Å². The van der Waals surface area contributed by atoms with Gasteiger partial charge >= 0.3 is 18.0 Å². The number of alkyl carbamates (subject to hydrolysis) is 1. The minimum absolute atomic E-state index is 0.0239. The van der Waals surface area contributed by atoms with Gasteiger partial charge in [0.2, 0.25) is 0 Å². The average Bonchev–Trinajstić information content (AvgIpc) is 2.72. The van der Waals surface area contributed by atoms with Gasteiger partial charge in [0.25, 0.3) is 0 Å². The van der Waals surface area contributed by atoms with Gasteiger partial charge in [-0.2, -0.15) is 0 Å². The van der Waals surface area contributed by atoms with Gasteiger partial charge in [-0.3, -0.25) is 5.32 Å². The topological polar surface area (TPSA) is 81.7 Å². The normalized spacial score (nSPS) is 14.9. The van der Waals surface area contributed by atoms with Crippen molar-refractivity contribution >= 4 is 23.6 Å². The van der Waals surface area contributed by atoms with Crippen LogP contribution in [0.15, 0.2) is 30.0 Å². The van der Waals surface area contributed by atoms with Crippen LogP contribution in [0.5, 0.6) is 0 Å². The monoisotopic (exact) mass is 303 g/mol. The molecule has 0 aromatic heterocycles. The average molecular weight is 303 g/mol. The van der Waals surface area contributed by atoms with Crippen LogP contribution in [0.1, 0.15) is 31.9 Å². The number of cyclic esters (lactones) is 2. The van der Waals surface area contributed by atoms with Crippen LogP contribution >= 0.6 is 0 Å². The predicted molar refractivity (Wildman–Crippen MR) is 78.7 cm³/mol. The van der Waals surface area contributed by atoms with Gasteiger partial charge in [0.15, 0.2) is 0 Å². The molecule has 1 aromatic carbocycles. The number of carbonyl (C=O) groups is 3. The van der Waals surface area contributed by atoms with Crippen LogP contribution in [0.25, 0.3) is 5.57 Å². The Bertz CT molecular complexity index is 665. The lowest BCUT2D eigenvalue weighted by atomic mass is 9.86. The van der Waals surface area contributed by atoms with Crippen molar-refractivity contribution in [2.45, 2.75) is 26.2 Å². The van der Waals surface area contributed by atoms with Gasteiger partial charge in [-0.25, -0.2) is 14.4 Å². The summed E-state index contributed by atoms with van der Waals surface area (Å²) in [6.07, 6.45) is -0.842. The molecule has 1 heterocycles. The van der Waals surface area contributed by atoms with Crippen molar-refractivity contribution < 1.29 is 23.9 Å². The molecule has 0 radical (unpaired) electrons. The highest BCUT2D eigenvalue weighted by atomic mass is 16.6. The van der Waals surface area contributed by atoms with Crippen molar-refractivity contribution in [1.82, 2.24) is 5.32 Å². The summed E-state index contributed by atoms with van der Waals surface area (Å²) < 4.78 is 9.00. The van der Waals surface area contributed by atoms with E-state index in [-0.39, 0.29) is 16.7 Å². The number of benzene rings is 1. The van der Waals surface area contributed by atoms with Gasteiger partial charge in [0.1, 0.15) is 5.70 Å². The third-order valence-corrected chi connectivity index (χ3v) is 3.30. The van der Waals surface area contributed by atoms with Gasteiger partial charge < -0.3 is 9.47 Å². The molecule has 0 spiro atoms. The van der Waals surface area contributed by atoms with Crippen molar-refractivity contribution in [1.29, 1.82) is 0 Å². The first-order valence-corrected chi connectivity index (χ1v) is 6.70. The molecular formula is C16H17NO5. The van der Waals surface area contributed by atoms with E-state index < -0.39 is 18.0 Å². The number of nitrogens with one attached hydrogen (secondary N) is 1. The molecule has 6 heteroatoms. The molecule has 1 amide bonds. The van der Waals surface area contributed by atoms with E-state index in [4.69, 9.17) is 0 Å².